The van der Waals surface area contributed by atoms with Crippen molar-refractivity contribution in [2.45, 2.75) is 25.8 Å². The molecule has 0 bridgehead atoms. The molecule has 2 fully saturated rings. The van der Waals surface area contributed by atoms with Crippen molar-refractivity contribution in [1.29, 1.82) is 0 Å². The molecule has 3 nitrogen and oxygen atoms in total. The number of likely N-dealkylation sites (tertiary alicyclic amines) is 2. The molecule has 0 saturated carbocycles. The summed E-state index contributed by atoms with van der Waals surface area (Å²) in [7, 11) is 0. The fourth-order valence-corrected chi connectivity index (χ4v) is 3.97. The van der Waals surface area contributed by atoms with Crippen LogP contribution < -0.4 is 0 Å². The van der Waals surface area contributed by atoms with Crippen LogP contribution in [0.1, 0.15) is 24.8 Å². The van der Waals surface area contributed by atoms with Crippen LogP contribution in [-0.4, -0.2) is 41.9 Å². The summed E-state index contributed by atoms with van der Waals surface area (Å²) in [4.78, 5) is 17.0. The average molecular weight is 308 g/mol. The summed E-state index contributed by atoms with van der Waals surface area (Å²) in [6, 6.07) is 15.2. The summed E-state index contributed by atoms with van der Waals surface area (Å²) in [6.45, 7) is 4.86. The number of nitrogens with zero attached hydrogens (tertiary/aromatic N) is 2. The third kappa shape index (κ3) is 3.11. The van der Waals surface area contributed by atoms with E-state index in [0.717, 1.165) is 39.1 Å². The first-order valence-corrected chi connectivity index (χ1v) is 8.78. The maximum atomic E-state index is 12.5. The van der Waals surface area contributed by atoms with E-state index in [-0.39, 0.29) is 5.92 Å². The molecule has 120 valence electrons. The van der Waals surface area contributed by atoms with Crippen molar-refractivity contribution in [2.24, 2.45) is 5.92 Å². The fraction of sp³-hybridized carbons (Fsp3) is 0.450. The Hall–Kier alpha value is -1.87. The Morgan fingerprint density at radius 3 is 2.61 bits per heavy atom. The van der Waals surface area contributed by atoms with Crippen LogP contribution in [0, 0.1) is 5.92 Å². The molecule has 2 aromatic rings. The molecule has 2 heterocycles. The summed E-state index contributed by atoms with van der Waals surface area (Å²) < 4.78 is 0. The molecule has 3 heteroatoms. The van der Waals surface area contributed by atoms with Gasteiger partial charge in [0.2, 0.25) is 5.91 Å². The Bertz CT molecular complexity index is 706. The van der Waals surface area contributed by atoms with Gasteiger partial charge in [0.25, 0.3) is 0 Å². The van der Waals surface area contributed by atoms with E-state index in [4.69, 9.17) is 0 Å². The maximum absolute atomic E-state index is 12.5. The van der Waals surface area contributed by atoms with Gasteiger partial charge in [0, 0.05) is 26.2 Å². The van der Waals surface area contributed by atoms with Crippen LogP contribution >= 0.6 is 0 Å². The van der Waals surface area contributed by atoms with Crippen molar-refractivity contribution in [2.75, 3.05) is 26.2 Å². The molecule has 0 spiro atoms. The van der Waals surface area contributed by atoms with Gasteiger partial charge in [0.05, 0.1) is 5.92 Å². The van der Waals surface area contributed by atoms with Gasteiger partial charge in [-0.3, -0.25) is 9.69 Å². The number of rotatable bonds is 3. The quantitative estimate of drug-likeness (QED) is 0.869. The zero-order chi connectivity index (χ0) is 15.6. The van der Waals surface area contributed by atoms with Crippen LogP contribution in [0.15, 0.2) is 42.5 Å². The first kappa shape index (κ1) is 14.7. The van der Waals surface area contributed by atoms with Crippen LogP contribution in [0.2, 0.25) is 0 Å². The number of hydrogen-bond donors (Lipinski definition) is 0. The molecule has 1 amide bonds. The van der Waals surface area contributed by atoms with Gasteiger partial charge in [-0.25, -0.2) is 0 Å². The van der Waals surface area contributed by atoms with E-state index in [9.17, 15) is 4.79 Å². The van der Waals surface area contributed by atoms with Crippen LogP contribution in [0.25, 0.3) is 10.8 Å². The molecule has 23 heavy (non-hydrogen) atoms. The minimum Gasteiger partial charge on any atom is -0.342 e. The Balaban J connectivity index is 1.40. The Labute approximate surface area is 137 Å². The summed E-state index contributed by atoms with van der Waals surface area (Å²) in [6.07, 6.45) is 3.38. The van der Waals surface area contributed by atoms with E-state index in [1.807, 2.05) is 0 Å². The molecule has 0 aliphatic carbocycles. The monoisotopic (exact) mass is 308 g/mol. The van der Waals surface area contributed by atoms with E-state index in [1.165, 1.54) is 29.2 Å². The van der Waals surface area contributed by atoms with Gasteiger partial charge in [-0.2, -0.15) is 0 Å². The second kappa shape index (κ2) is 6.32. The minimum absolute atomic E-state index is 0.216. The van der Waals surface area contributed by atoms with Crippen LogP contribution in [0.3, 0.4) is 0 Å². The van der Waals surface area contributed by atoms with Crippen molar-refractivity contribution < 1.29 is 4.79 Å². The molecule has 0 radical (unpaired) electrons. The largest absolute Gasteiger partial charge is 0.342 e. The summed E-state index contributed by atoms with van der Waals surface area (Å²) in [5, 5.41) is 2.59. The first-order chi connectivity index (χ1) is 11.3. The fourth-order valence-electron chi connectivity index (χ4n) is 3.97. The van der Waals surface area contributed by atoms with Crippen molar-refractivity contribution in [3.05, 3.63) is 48.0 Å². The highest BCUT2D eigenvalue weighted by Gasteiger charge is 2.32. The van der Waals surface area contributed by atoms with E-state index >= 15 is 0 Å². The predicted molar refractivity (Wildman–Crippen MR) is 93.1 cm³/mol. The third-order valence-electron chi connectivity index (χ3n) is 5.26. The minimum atomic E-state index is 0.216. The lowest BCUT2D eigenvalue weighted by molar-refractivity contribution is -0.134. The lowest BCUT2D eigenvalue weighted by Gasteiger charge is -2.20. The molecule has 2 aromatic carbocycles. The number of hydrogen-bond acceptors (Lipinski definition) is 2. The number of benzene rings is 2. The normalized spacial score (nSPS) is 22.1. The Kier molecular flexibility index (Phi) is 4.04. The molecular weight excluding hydrogens is 284 g/mol. The topological polar surface area (TPSA) is 23.6 Å². The molecule has 2 aliphatic rings. The standard InChI is InChI=1S/C20H24N2O/c23-20(22-10-3-4-11-22)19-9-12-21(15-19)14-16-7-8-17-5-1-2-6-18(17)13-16/h1-2,5-8,13,19H,3-4,9-12,14-15H2. The van der Waals surface area contributed by atoms with Crippen molar-refractivity contribution >= 4 is 16.7 Å². The Morgan fingerprint density at radius 2 is 1.78 bits per heavy atom. The van der Waals surface area contributed by atoms with E-state index in [0.29, 0.717) is 5.91 Å². The molecule has 2 aliphatic heterocycles. The van der Waals surface area contributed by atoms with Crippen molar-refractivity contribution in [1.82, 2.24) is 9.80 Å². The molecule has 1 unspecified atom stereocenters. The SMILES string of the molecule is O=C(C1CCN(Cc2ccc3ccccc3c2)C1)N1CCCC1. The van der Waals surface area contributed by atoms with Gasteiger partial charge in [-0.1, -0.05) is 36.4 Å². The van der Waals surface area contributed by atoms with Crippen molar-refractivity contribution in [3.8, 4) is 0 Å². The number of amides is 1. The zero-order valence-electron chi connectivity index (χ0n) is 13.6. The lowest BCUT2D eigenvalue weighted by Crippen LogP contribution is -2.35. The predicted octanol–water partition coefficient (Wildman–Crippen LogP) is 3.28. The van der Waals surface area contributed by atoms with Gasteiger partial charge < -0.3 is 4.90 Å². The summed E-state index contributed by atoms with van der Waals surface area (Å²) in [5.74, 6) is 0.608. The van der Waals surface area contributed by atoms with Crippen LogP contribution in [0.5, 0.6) is 0 Å². The third-order valence-corrected chi connectivity index (χ3v) is 5.26. The lowest BCUT2D eigenvalue weighted by atomic mass is 10.1. The zero-order valence-corrected chi connectivity index (χ0v) is 13.6. The van der Waals surface area contributed by atoms with E-state index in [1.54, 1.807) is 0 Å². The van der Waals surface area contributed by atoms with Gasteiger partial charge >= 0.3 is 0 Å². The highest BCUT2D eigenvalue weighted by atomic mass is 16.2. The van der Waals surface area contributed by atoms with Gasteiger partial charge in [0.1, 0.15) is 0 Å². The number of carbonyl (C=O) groups is 1. The molecule has 2 saturated heterocycles. The molecular formula is C20H24N2O. The smallest absolute Gasteiger partial charge is 0.227 e. The second-order valence-electron chi connectivity index (χ2n) is 6.93. The average Bonchev–Trinajstić information content (AvgIpc) is 3.26. The summed E-state index contributed by atoms with van der Waals surface area (Å²) >= 11 is 0. The van der Waals surface area contributed by atoms with Gasteiger partial charge in [-0.15, -0.1) is 0 Å². The van der Waals surface area contributed by atoms with Crippen LogP contribution in [0.4, 0.5) is 0 Å². The van der Waals surface area contributed by atoms with E-state index < -0.39 is 0 Å². The highest BCUT2D eigenvalue weighted by Crippen LogP contribution is 2.24. The molecule has 0 aromatic heterocycles. The second-order valence-corrected chi connectivity index (χ2v) is 6.93. The molecule has 4 rings (SSSR count). The number of carbonyl (C=O) groups excluding carboxylic acids is 1. The summed E-state index contributed by atoms with van der Waals surface area (Å²) in [5.41, 5.74) is 1.35. The number of fused-ring (bicyclic) bond motifs is 1. The molecule has 0 N–H and O–H groups in total. The van der Waals surface area contributed by atoms with Crippen molar-refractivity contribution in [3.63, 3.8) is 0 Å². The maximum Gasteiger partial charge on any atom is 0.227 e. The van der Waals surface area contributed by atoms with Gasteiger partial charge in [0.15, 0.2) is 0 Å². The first-order valence-electron chi connectivity index (χ1n) is 8.78. The Morgan fingerprint density at radius 1 is 1.00 bits per heavy atom. The molecule has 1 atom stereocenters. The van der Waals surface area contributed by atoms with Crippen LogP contribution in [-0.2, 0) is 11.3 Å². The van der Waals surface area contributed by atoms with Gasteiger partial charge in [-0.05, 0) is 48.2 Å². The highest BCUT2D eigenvalue weighted by molar-refractivity contribution is 5.83. The van der Waals surface area contributed by atoms with E-state index in [2.05, 4.69) is 52.3 Å².